The maximum atomic E-state index is 5.73. The standard InChI is InChI=1S/C15H21N3O/c1-12(16-2)14-4-6-15(7-5-14)19-9-8-13-10-17-18(3)11-13/h4-7,10-12,16H,8-9H2,1-3H3. The van der Waals surface area contributed by atoms with Crippen molar-refractivity contribution in [2.24, 2.45) is 7.05 Å². The van der Waals surface area contributed by atoms with Crippen LogP contribution in [-0.2, 0) is 13.5 Å². The van der Waals surface area contributed by atoms with Crippen LogP contribution in [0, 0.1) is 0 Å². The van der Waals surface area contributed by atoms with E-state index in [2.05, 4.69) is 29.5 Å². The molecule has 1 heterocycles. The number of aryl methyl sites for hydroxylation is 1. The van der Waals surface area contributed by atoms with E-state index in [9.17, 15) is 0 Å². The summed E-state index contributed by atoms with van der Waals surface area (Å²) < 4.78 is 7.54. The quantitative estimate of drug-likeness (QED) is 0.865. The van der Waals surface area contributed by atoms with Crippen LogP contribution < -0.4 is 10.1 Å². The summed E-state index contributed by atoms with van der Waals surface area (Å²) in [5.74, 6) is 0.913. The number of hydrogen-bond donors (Lipinski definition) is 1. The molecule has 0 radical (unpaired) electrons. The lowest BCUT2D eigenvalue weighted by atomic mass is 10.1. The highest BCUT2D eigenvalue weighted by Crippen LogP contribution is 2.17. The third-order valence-corrected chi connectivity index (χ3v) is 3.23. The number of hydrogen-bond acceptors (Lipinski definition) is 3. The van der Waals surface area contributed by atoms with Crippen molar-refractivity contribution in [1.82, 2.24) is 15.1 Å². The minimum Gasteiger partial charge on any atom is -0.493 e. The van der Waals surface area contributed by atoms with E-state index in [4.69, 9.17) is 4.74 Å². The largest absolute Gasteiger partial charge is 0.493 e. The van der Waals surface area contributed by atoms with Crippen molar-refractivity contribution in [3.05, 3.63) is 47.8 Å². The van der Waals surface area contributed by atoms with Crippen molar-refractivity contribution in [1.29, 1.82) is 0 Å². The summed E-state index contributed by atoms with van der Waals surface area (Å²) in [6, 6.07) is 8.60. The van der Waals surface area contributed by atoms with Gasteiger partial charge in [-0.25, -0.2) is 0 Å². The van der Waals surface area contributed by atoms with Gasteiger partial charge in [0.1, 0.15) is 5.75 Å². The lowest BCUT2D eigenvalue weighted by Crippen LogP contribution is -2.12. The summed E-state index contributed by atoms with van der Waals surface area (Å²) in [6.45, 7) is 2.81. The summed E-state index contributed by atoms with van der Waals surface area (Å²) in [5, 5.41) is 7.35. The number of aromatic nitrogens is 2. The third kappa shape index (κ3) is 3.83. The second kappa shape index (κ2) is 6.38. The Bertz CT molecular complexity index is 504. The maximum absolute atomic E-state index is 5.73. The molecule has 0 aliphatic carbocycles. The molecule has 4 heteroatoms. The first kappa shape index (κ1) is 13.6. The zero-order chi connectivity index (χ0) is 13.7. The molecule has 0 aliphatic rings. The van der Waals surface area contributed by atoms with Crippen LogP contribution >= 0.6 is 0 Å². The van der Waals surface area contributed by atoms with Crippen molar-refractivity contribution in [3.8, 4) is 5.75 Å². The highest BCUT2D eigenvalue weighted by Gasteiger charge is 2.02. The fraction of sp³-hybridized carbons (Fsp3) is 0.400. The van der Waals surface area contributed by atoms with E-state index in [0.29, 0.717) is 12.6 Å². The zero-order valence-corrected chi connectivity index (χ0v) is 11.8. The molecule has 0 saturated carbocycles. The van der Waals surface area contributed by atoms with E-state index in [1.807, 2.05) is 43.3 Å². The predicted octanol–water partition coefficient (Wildman–Crippen LogP) is 2.32. The molecule has 0 saturated heterocycles. The smallest absolute Gasteiger partial charge is 0.119 e. The molecule has 0 amide bonds. The van der Waals surface area contributed by atoms with E-state index < -0.39 is 0 Å². The Hall–Kier alpha value is -1.81. The molecule has 0 fully saturated rings. The lowest BCUT2D eigenvalue weighted by Gasteiger charge is -2.11. The van der Waals surface area contributed by atoms with Gasteiger partial charge in [0.05, 0.1) is 12.8 Å². The second-order valence-electron chi connectivity index (χ2n) is 4.70. The van der Waals surface area contributed by atoms with Crippen LogP contribution in [0.4, 0.5) is 0 Å². The van der Waals surface area contributed by atoms with E-state index >= 15 is 0 Å². The molecule has 1 aromatic heterocycles. The van der Waals surface area contributed by atoms with Crippen molar-refractivity contribution in [2.75, 3.05) is 13.7 Å². The first-order valence-corrected chi connectivity index (χ1v) is 6.56. The Labute approximate surface area is 114 Å². The average Bonchev–Trinajstić information content (AvgIpc) is 2.84. The number of nitrogens with zero attached hydrogens (tertiary/aromatic N) is 2. The molecular weight excluding hydrogens is 238 g/mol. The first-order chi connectivity index (χ1) is 9.19. The Morgan fingerprint density at radius 1 is 1.32 bits per heavy atom. The molecular formula is C15H21N3O. The van der Waals surface area contributed by atoms with Gasteiger partial charge >= 0.3 is 0 Å². The van der Waals surface area contributed by atoms with Gasteiger partial charge in [0.25, 0.3) is 0 Å². The summed E-state index contributed by atoms with van der Waals surface area (Å²) >= 11 is 0. The molecule has 1 aromatic carbocycles. The summed E-state index contributed by atoms with van der Waals surface area (Å²) in [7, 11) is 3.88. The van der Waals surface area contributed by atoms with Crippen LogP contribution in [0.25, 0.3) is 0 Å². The molecule has 2 aromatic rings. The number of nitrogens with one attached hydrogen (secondary N) is 1. The fourth-order valence-electron chi connectivity index (χ4n) is 1.91. The minimum absolute atomic E-state index is 0.365. The highest BCUT2D eigenvalue weighted by molar-refractivity contribution is 5.28. The van der Waals surface area contributed by atoms with Gasteiger partial charge in [-0.3, -0.25) is 4.68 Å². The molecule has 2 rings (SSSR count). The topological polar surface area (TPSA) is 39.1 Å². The Morgan fingerprint density at radius 2 is 2.05 bits per heavy atom. The Kier molecular flexibility index (Phi) is 4.58. The Balaban J connectivity index is 1.83. The van der Waals surface area contributed by atoms with Crippen molar-refractivity contribution in [2.45, 2.75) is 19.4 Å². The van der Waals surface area contributed by atoms with Gasteiger partial charge in [-0.05, 0) is 37.2 Å². The normalized spacial score (nSPS) is 12.4. The summed E-state index contributed by atoms with van der Waals surface area (Å²) in [6.07, 6.45) is 4.77. The van der Waals surface area contributed by atoms with Gasteiger partial charge in [0.15, 0.2) is 0 Å². The van der Waals surface area contributed by atoms with Crippen LogP contribution in [0.15, 0.2) is 36.7 Å². The number of rotatable bonds is 6. The maximum Gasteiger partial charge on any atom is 0.119 e. The monoisotopic (exact) mass is 259 g/mol. The van der Waals surface area contributed by atoms with E-state index in [-0.39, 0.29) is 0 Å². The Morgan fingerprint density at radius 3 is 2.63 bits per heavy atom. The number of ether oxygens (including phenoxy) is 1. The molecule has 1 unspecified atom stereocenters. The van der Waals surface area contributed by atoms with Crippen molar-refractivity contribution < 1.29 is 4.74 Å². The fourth-order valence-corrected chi connectivity index (χ4v) is 1.91. The van der Waals surface area contributed by atoms with E-state index in [1.165, 1.54) is 11.1 Å². The van der Waals surface area contributed by atoms with Crippen LogP contribution in [0.3, 0.4) is 0 Å². The van der Waals surface area contributed by atoms with E-state index in [1.54, 1.807) is 0 Å². The van der Waals surface area contributed by atoms with Crippen LogP contribution in [0.1, 0.15) is 24.1 Å². The minimum atomic E-state index is 0.365. The third-order valence-electron chi connectivity index (χ3n) is 3.23. The molecule has 102 valence electrons. The van der Waals surface area contributed by atoms with E-state index in [0.717, 1.165) is 12.2 Å². The SMILES string of the molecule is CNC(C)c1ccc(OCCc2cnn(C)c2)cc1. The predicted molar refractivity (Wildman–Crippen MR) is 76.3 cm³/mol. The highest BCUT2D eigenvalue weighted by atomic mass is 16.5. The van der Waals surface area contributed by atoms with Gasteiger partial charge in [0, 0.05) is 25.7 Å². The molecule has 1 atom stereocenters. The van der Waals surface area contributed by atoms with Crippen LogP contribution in [0.2, 0.25) is 0 Å². The summed E-state index contributed by atoms with van der Waals surface area (Å²) in [4.78, 5) is 0. The van der Waals surface area contributed by atoms with Gasteiger partial charge in [0.2, 0.25) is 0 Å². The molecule has 4 nitrogen and oxygen atoms in total. The molecule has 0 spiro atoms. The molecule has 1 N–H and O–H groups in total. The molecule has 0 aliphatic heterocycles. The van der Waals surface area contributed by atoms with Gasteiger partial charge in [-0.2, -0.15) is 5.10 Å². The average molecular weight is 259 g/mol. The zero-order valence-electron chi connectivity index (χ0n) is 11.8. The van der Waals surface area contributed by atoms with Gasteiger partial charge < -0.3 is 10.1 Å². The molecule has 19 heavy (non-hydrogen) atoms. The van der Waals surface area contributed by atoms with Crippen molar-refractivity contribution >= 4 is 0 Å². The second-order valence-corrected chi connectivity index (χ2v) is 4.70. The summed E-state index contributed by atoms with van der Waals surface area (Å²) in [5.41, 5.74) is 2.46. The lowest BCUT2D eigenvalue weighted by molar-refractivity contribution is 0.322. The first-order valence-electron chi connectivity index (χ1n) is 6.56. The van der Waals surface area contributed by atoms with Crippen LogP contribution in [0.5, 0.6) is 5.75 Å². The van der Waals surface area contributed by atoms with Gasteiger partial charge in [-0.1, -0.05) is 12.1 Å². The van der Waals surface area contributed by atoms with Crippen molar-refractivity contribution in [3.63, 3.8) is 0 Å². The van der Waals surface area contributed by atoms with Crippen LogP contribution in [-0.4, -0.2) is 23.4 Å². The molecule has 0 bridgehead atoms. The number of benzene rings is 1. The van der Waals surface area contributed by atoms with Gasteiger partial charge in [-0.15, -0.1) is 0 Å².